The summed E-state index contributed by atoms with van der Waals surface area (Å²) in [6.07, 6.45) is 0. The van der Waals surface area contributed by atoms with E-state index in [2.05, 4.69) is 25.1 Å². The molecule has 144 valence electrons. The Morgan fingerprint density at radius 3 is 2.48 bits per heavy atom. The third-order valence-electron chi connectivity index (χ3n) is 4.97. The summed E-state index contributed by atoms with van der Waals surface area (Å²) in [6.45, 7) is 6.79. The van der Waals surface area contributed by atoms with Gasteiger partial charge in [0.2, 0.25) is 0 Å². The van der Waals surface area contributed by atoms with E-state index in [0.717, 1.165) is 38.8 Å². The third-order valence-corrected chi connectivity index (χ3v) is 6.47. The van der Waals surface area contributed by atoms with Crippen LogP contribution in [0.25, 0.3) is 21.7 Å². The number of aryl methyl sites for hydroxylation is 2. The van der Waals surface area contributed by atoms with Crippen LogP contribution in [0.1, 0.15) is 27.5 Å². The van der Waals surface area contributed by atoms with Crippen molar-refractivity contribution in [2.75, 3.05) is 0 Å². The van der Waals surface area contributed by atoms with E-state index in [0.29, 0.717) is 17.1 Å². The van der Waals surface area contributed by atoms with E-state index in [1.165, 1.54) is 4.88 Å². The van der Waals surface area contributed by atoms with Crippen LogP contribution in [0.2, 0.25) is 5.02 Å². The molecule has 0 spiro atoms. The number of benzene rings is 2. The topological polar surface area (TPSA) is 54.5 Å². The lowest BCUT2D eigenvalue weighted by atomic mass is 10.0. The second-order valence-electron chi connectivity index (χ2n) is 6.90. The first kappa shape index (κ1) is 19.4. The summed E-state index contributed by atoms with van der Waals surface area (Å²) in [5.74, 6) is 0. The average Bonchev–Trinajstić information content (AvgIpc) is 3.22. The Labute approximate surface area is 179 Å². The highest BCUT2D eigenvalue weighted by Crippen LogP contribution is 2.32. The summed E-state index contributed by atoms with van der Waals surface area (Å²) in [6, 6.07) is 17.9. The van der Waals surface area contributed by atoms with Crippen molar-refractivity contribution >= 4 is 22.9 Å². The van der Waals surface area contributed by atoms with E-state index in [-0.39, 0.29) is 0 Å². The summed E-state index contributed by atoms with van der Waals surface area (Å²) in [5, 5.41) is 15.4. The number of aromatic nitrogens is 3. The van der Waals surface area contributed by atoms with Gasteiger partial charge < -0.3 is 0 Å². The fourth-order valence-electron chi connectivity index (χ4n) is 3.44. The highest BCUT2D eigenvalue weighted by Gasteiger charge is 2.17. The number of halogens is 1. The van der Waals surface area contributed by atoms with E-state index < -0.39 is 0 Å². The smallest absolute Gasteiger partial charge is 0.123 e. The van der Waals surface area contributed by atoms with E-state index in [9.17, 15) is 0 Å². The summed E-state index contributed by atoms with van der Waals surface area (Å²) < 4.78 is 2.02. The molecular formula is C23H19ClN4S. The standard InChI is InChI=1S/C23H19ClN4S/c1-14-21(29-23(26-14)17-7-5-4-6-8-17)13-28-16(3)22(15(2)27-28)18-9-10-19(12-25)20(24)11-18/h4-11H,13H2,1-3H3. The molecule has 0 fully saturated rings. The molecule has 0 aliphatic heterocycles. The first-order valence-corrected chi connectivity index (χ1v) is 10.4. The van der Waals surface area contributed by atoms with Gasteiger partial charge in [0.1, 0.15) is 11.1 Å². The zero-order valence-electron chi connectivity index (χ0n) is 16.4. The van der Waals surface area contributed by atoms with Crippen LogP contribution in [0.5, 0.6) is 0 Å². The summed E-state index contributed by atoms with van der Waals surface area (Å²) in [7, 11) is 0. The molecule has 0 saturated carbocycles. The van der Waals surface area contributed by atoms with Crippen molar-refractivity contribution in [3.05, 3.63) is 81.1 Å². The van der Waals surface area contributed by atoms with Gasteiger partial charge in [0.05, 0.1) is 28.5 Å². The van der Waals surface area contributed by atoms with Gasteiger partial charge in [0, 0.05) is 21.7 Å². The normalized spacial score (nSPS) is 10.9. The number of hydrogen-bond donors (Lipinski definition) is 0. The highest BCUT2D eigenvalue weighted by molar-refractivity contribution is 7.15. The molecule has 0 saturated heterocycles. The SMILES string of the molecule is Cc1nc(-c2ccccc2)sc1Cn1nc(C)c(-c2ccc(C#N)c(Cl)c2)c1C. The lowest BCUT2D eigenvalue weighted by Gasteiger charge is -2.06. The van der Waals surface area contributed by atoms with Gasteiger partial charge in [-0.25, -0.2) is 4.98 Å². The van der Waals surface area contributed by atoms with Crippen LogP contribution in [-0.2, 0) is 6.54 Å². The minimum absolute atomic E-state index is 0.461. The number of hydrogen-bond acceptors (Lipinski definition) is 4. The minimum Gasteiger partial charge on any atom is -0.264 e. The number of thiazole rings is 1. The fourth-order valence-corrected chi connectivity index (χ4v) is 4.72. The molecule has 0 N–H and O–H groups in total. The Bertz CT molecular complexity index is 1230. The second-order valence-corrected chi connectivity index (χ2v) is 8.39. The molecule has 4 aromatic rings. The molecule has 6 heteroatoms. The summed E-state index contributed by atoms with van der Waals surface area (Å²) >= 11 is 7.95. The van der Waals surface area contributed by atoms with Crippen LogP contribution in [-0.4, -0.2) is 14.8 Å². The van der Waals surface area contributed by atoms with Crippen molar-refractivity contribution < 1.29 is 0 Å². The number of rotatable bonds is 4. The third kappa shape index (κ3) is 3.69. The zero-order valence-corrected chi connectivity index (χ0v) is 18.0. The van der Waals surface area contributed by atoms with Crippen molar-refractivity contribution in [3.8, 4) is 27.8 Å². The molecule has 0 unspecified atom stereocenters. The Kier molecular flexibility index (Phi) is 5.23. The first-order chi connectivity index (χ1) is 14.0. The molecule has 2 aromatic carbocycles. The lowest BCUT2D eigenvalue weighted by Crippen LogP contribution is -2.03. The van der Waals surface area contributed by atoms with Gasteiger partial charge in [0.25, 0.3) is 0 Å². The maximum Gasteiger partial charge on any atom is 0.123 e. The van der Waals surface area contributed by atoms with E-state index in [1.807, 2.05) is 48.9 Å². The van der Waals surface area contributed by atoms with Crippen molar-refractivity contribution in [3.63, 3.8) is 0 Å². The molecule has 4 rings (SSSR count). The van der Waals surface area contributed by atoms with Gasteiger partial charge in [-0.1, -0.05) is 48.0 Å². The molecule has 0 radical (unpaired) electrons. The Hall–Kier alpha value is -2.94. The molecule has 0 amide bonds. The Morgan fingerprint density at radius 1 is 1.03 bits per heavy atom. The molecule has 2 aromatic heterocycles. The minimum atomic E-state index is 0.461. The van der Waals surface area contributed by atoms with Crippen LogP contribution >= 0.6 is 22.9 Å². The highest BCUT2D eigenvalue weighted by atomic mass is 35.5. The second kappa shape index (κ2) is 7.82. The maximum atomic E-state index is 9.11. The monoisotopic (exact) mass is 418 g/mol. The van der Waals surface area contributed by atoms with Gasteiger partial charge >= 0.3 is 0 Å². The van der Waals surface area contributed by atoms with Gasteiger partial charge in [-0.05, 0) is 38.5 Å². The Balaban J connectivity index is 1.68. The molecule has 0 atom stereocenters. The van der Waals surface area contributed by atoms with Crippen molar-refractivity contribution in [2.45, 2.75) is 27.3 Å². The van der Waals surface area contributed by atoms with Gasteiger partial charge in [-0.15, -0.1) is 11.3 Å². The quantitative estimate of drug-likeness (QED) is 0.398. The molecular weight excluding hydrogens is 400 g/mol. The molecule has 0 bridgehead atoms. The molecule has 29 heavy (non-hydrogen) atoms. The average molecular weight is 419 g/mol. The maximum absolute atomic E-state index is 9.11. The Morgan fingerprint density at radius 2 is 1.79 bits per heavy atom. The zero-order chi connectivity index (χ0) is 20.5. The van der Waals surface area contributed by atoms with Crippen molar-refractivity contribution in [1.29, 1.82) is 5.26 Å². The van der Waals surface area contributed by atoms with Gasteiger partial charge in [0.15, 0.2) is 0 Å². The van der Waals surface area contributed by atoms with Crippen molar-refractivity contribution in [1.82, 2.24) is 14.8 Å². The molecule has 0 aliphatic carbocycles. The molecule has 2 heterocycles. The van der Waals surface area contributed by atoms with Gasteiger partial charge in [-0.2, -0.15) is 10.4 Å². The van der Waals surface area contributed by atoms with E-state index in [1.54, 1.807) is 17.4 Å². The predicted octanol–water partition coefficient (Wildman–Crippen LogP) is 6.17. The number of nitrogens with zero attached hydrogens (tertiary/aromatic N) is 4. The summed E-state index contributed by atoms with van der Waals surface area (Å²) in [4.78, 5) is 5.95. The largest absolute Gasteiger partial charge is 0.264 e. The molecule has 0 aliphatic rings. The van der Waals surface area contributed by atoms with Crippen LogP contribution in [0, 0.1) is 32.1 Å². The number of nitriles is 1. The fraction of sp³-hybridized carbons (Fsp3) is 0.174. The van der Waals surface area contributed by atoms with Crippen LogP contribution in [0.4, 0.5) is 0 Å². The van der Waals surface area contributed by atoms with Gasteiger partial charge in [-0.3, -0.25) is 4.68 Å². The van der Waals surface area contributed by atoms with E-state index in [4.69, 9.17) is 26.9 Å². The van der Waals surface area contributed by atoms with Crippen LogP contribution < -0.4 is 0 Å². The predicted molar refractivity (Wildman–Crippen MR) is 118 cm³/mol. The summed E-state index contributed by atoms with van der Waals surface area (Å²) in [5.41, 5.74) is 6.68. The van der Waals surface area contributed by atoms with Crippen LogP contribution in [0.15, 0.2) is 48.5 Å². The van der Waals surface area contributed by atoms with Crippen molar-refractivity contribution in [2.24, 2.45) is 0 Å². The van der Waals surface area contributed by atoms with Crippen LogP contribution in [0.3, 0.4) is 0 Å². The first-order valence-electron chi connectivity index (χ1n) is 9.23. The lowest BCUT2D eigenvalue weighted by molar-refractivity contribution is 0.663. The van der Waals surface area contributed by atoms with E-state index >= 15 is 0 Å². The molecule has 4 nitrogen and oxygen atoms in total.